The summed E-state index contributed by atoms with van der Waals surface area (Å²) >= 11 is 11.8. The van der Waals surface area contributed by atoms with E-state index in [4.69, 9.17) is 23.2 Å². The molecule has 0 fully saturated rings. The summed E-state index contributed by atoms with van der Waals surface area (Å²) in [5.74, 6) is -0.344. The molecule has 0 saturated heterocycles. The van der Waals surface area contributed by atoms with E-state index in [0.29, 0.717) is 27.0 Å². The first kappa shape index (κ1) is 19.5. The molecule has 0 aliphatic rings. The molecule has 25 heavy (non-hydrogen) atoms. The van der Waals surface area contributed by atoms with Crippen molar-refractivity contribution in [3.8, 4) is 0 Å². The van der Waals surface area contributed by atoms with Crippen molar-refractivity contribution in [2.24, 2.45) is 0 Å². The average Bonchev–Trinajstić information content (AvgIpc) is 2.57. The molecule has 2 aromatic rings. The van der Waals surface area contributed by atoms with E-state index in [9.17, 15) is 13.2 Å². The van der Waals surface area contributed by atoms with Gasteiger partial charge in [0, 0.05) is 32.4 Å². The fourth-order valence-electron chi connectivity index (χ4n) is 1.98. The maximum absolute atomic E-state index is 12.3. The zero-order chi connectivity index (χ0) is 18.8. The van der Waals surface area contributed by atoms with Crippen molar-refractivity contribution in [3.05, 3.63) is 58.1 Å². The highest BCUT2D eigenvalue weighted by molar-refractivity contribution is 7.90. The fraction of sp³-hybridized carbons (Fsp3) is 0.188. The summed E-state index contributed by atoms with van der Waals surface area (Å²) < 4.78 is 26.4. The lowest BCUT2D eigenvalue weighted by atomic mass is 10.2. The molecule has 1 amide bonds. The first-order valence-electron chi connectivity index (χ1n) is 7.16. The monoisotopic (exact) mass is 401 g/mol. The van der Waals surface area contributed by atoms with E-state index >= 15 is 0 Å². The Morgan fingerprint density at radius 1 is 0.960 bits per heavy atom. The van der Waals surface area contributed by atoms with E-state index in [1.165, 1.54) is 21.1 Å². The molecule has 0 spiro atoms. The van der Waals surface area contributed by atoms with Crippen molar-refractivity contribution in [3.63, 3.8) is 0 Å². The summed E-state index contributed by atoms with van der Waals surface area (Å²) in [6.07, 6.45) is 0. The van der Waals surface area contributed by atoms with Crippen molar-refractivity contribution < 1.29 is 13.2 Å². The van der Waals surface area contributed by atoms with Gasteiger partial charge in [0.15, 0.2) is 0 Å². The van der Waals surface area contributed by atoms with Crippen molar-refractivity contribution in [1.82, 2.24) is 4.31 Å². The lowest BCUT2D eigenvalue weighted by Gasteiger charge is -2.23. The van der Waals surface area contributed by atoms with Gasteiger partial charge in [-0.25, -0.2) is 0 Å². The number of nitrogens with zero attached hydrogens (tertiary/aromatic N) is 2. The van der Waals surface area contributed by atoms with Crippen LogP contribution in [0.1, 0.15) is 10.4 Å². The number of carbonyl (C=O) groups excluding carboxylic acids is 1. The van der Waals surface area contributed by atoms with Gasteiger partial charge in [0.1, 0.15) is 0 Å². The Balaban J connectivity index is 2.16. The minimum Gasteiger partial charge on any atom is -0.322 e. The molecule has 0 bridgehead atoms. The number of hydrogen-bond acceptors (Lipinski definition) is 3. The second-order valence-electron chi connectivity index (χ2n) is 5.39. The fourth-order valence-corrected chi connectivity index (χ4v) is 3.15. The van der Waals surface area contributed by atoms with Crippen LogP contribution in [0.3, 0.4) is 0 Å². The Kier molecular flexibility index (Phi) is 5.95. The molecule has 0 radical (unpaired) electrons. The molecular formula is C16H17Cl2N3O3S. The van der Waals surface area contributed by atoms with E-state index in [0.717, 1.165) is 8.61 Å². The molecule has 134 valence electrons. The molecule has 2 rings (SSSR count). The van der Waals surface area contributed by atoms with Gasteiger partial charge in [-0.3, -0.25) is 9.10 Å². The molecule has 0 aliphatic heterocycles. The predicted octanol–water partition coefficient (Wildman–Crippen LogP) is 3.49. The maximum atomic E-state index is 12.3. The number of anilines is 2. The molecule has 6 nitrogen and oxygen atoms in total. The SMILES string of the molecule is CN(C)S(=O)(=O)N(C)c1ccc(C(=O)Nc2ccc(Cl)c(Cl)c2)cc1. The van der Waals surface area contributed by atoms with Crippen molar-refractivity contribution >= 4 is 50.7 Å². The predicted molar refractivity (Wildman–Crippen MR) is 102 cm³/mol. The second-order valence-corrected chi connectivity index (χ2v) is 8.38. The summed E-state index contributed by atoms with van der Waals surface area (Å²) in [5.41, 5.74) is 1.33. The highest BCUT2D eigenvalue weighted by atomic mass is 35.5. The molecule has 2 aromatic carbocycles. The normalized spacial score (nSPS) is 11.4. The molecule has 0 aliphatic carbocycles. The van der Waals surface area contributed by atoms with Crippen molar-refractivity contribution in [2.45, 2.75) is 0 Å². The standard InChI is InChI=1S/C16H17Cl2N3O3S/c1-20(2)25(23,24)21(3)13-7-4-11(5-8-13)16(22)19-12-6-9-14(17)15(18)10-12/h4-10H,1-3H3,(H,19,22). The topological polar surface area (TPSA) is 69.7 Å². The number of hydrogen-bond donors (Lipinski definition) is 1. The highest BCUT2D eigenvalue weighted by Gasteiger charge is 2.21. The lowest BCUT2D eigenvalue weighted by Crippen LogP contribution is -2.37. The van der Waals surface area contributed by atoms with Crippen LogP contribution < -0.4 is 9.62 Å². The number of amides is 1. The van der Waals surface area contributed by atoms with Crippen LogP contribution in [0.2, 0.25) is 10.0 Å². The van der Waals surface area contributed by atoms with Crippen LogP contribution in [-0.4, -0.2) is 39.8 Å². The average molecular weight is 402 g/mol. The minimum atomic E-state index is -3.58. The van der Waals surface area contributed by atoms with Gasteiger partial charge >= 0.3 is 10.2 Å². The number of rotatable bonds is 5. The first-order valence-corrected chi connectivity index (χ1v) is 9.31. The molecule has 0 heterocycles. The van der Waals surface area contributed by atoms with Crippen LogP contribution in [0.4, 0.5) is 11.4 Å². The zero-order valence-corrected chi connectivity index (χ0v) is 16.2. The Morgan fingerprint density at radius 2 is 1.56 bits per heavy atom. The summed E-state index contributed by atoms with van der Waals surface area (Å²) in [5, 5.41) is 3.44. The molecule has 0 atom stereocenters. The molecule has 0 saturated carbocycles. The third-order valence-corrected chi connectivity index (χ3v) is 6.04. The van der Waals surface area contributed by atoms with Crippen LogP contribution in [0, 0.1) is 0 Å². The van der Waals surface area contributed by atoms with Crippen molar-refractivity contribution in [1.29, 1.82) is 0 Å². The zero-order valence-electron chi connectivity index (χ0n) is 13.8. The number of nitrogens with one attached hydrogen (secondary N) is 1. The Morgan fingerprint density at radius 3 is 2.08 bits per heavy atom. The third-order valence-electron chi connectivity index (χ3n) is 3.48. The van der Waals surface area contributed by atoms with Crippen LogP contribution in [0.5, 0.6) is 0 Å². The first-order chi connectivity index (χ1) is 11.6. The van der Waals surface area contributed by atoms with Crippen molar-refractivity contribution in [2.75, 3.05) is 30.8 Å². The Labute approximate surface area is 157 Å². The van der Waals surface area contributed by atoms with Gasteiger partial charge in [0.25, 0.3) is 5.91 Å². The molecule has 9 heteroatoms. The van der Waals surface area contributed by atoms with Gasteiger partial charge in [-0.15, -0.1) is 0 Å². The second kappa shape index (κ2) is 7.61. The van der Waals surface area contributed by atoms with Gasteiger partial charge in [0.2, 0.25) is 0 Å². The molecule has 0 unspecified atom stereocenters. The van der Waals surface area contributed by atoms with E-state index in [-0.39, 0.29) is 5.91 Å². The summed E-state index contributed by atoms with van der Waals surface area (Å²) in [4.78, 5) is 12.3. The number of benzene rings is 2. The molecular weight excluding hydrogens is 385 g/mol. The van der Waals surface area contributed by atoms with Crippen LogP contribution in [0.25, 0.3) is 0 Å². The lowest BCUT2D eigenvalue weighted by molar-refractivity contribution is 0.102. The van der Waals surface area contributed by atoms with E-state index in [2.05, 4.69) is 5.32 Å². The molecule has 0 aromatic heterocycles. The van der Waals surface area contributed by atoms with Gasteiger partial charge < -0.3 is 5.32 Å². The summed E-state index contributed by atoms with van der Waals surface area (Å²) in [7, 11) is 0.762. The van der Waals surface area contributed by atoms with E-state index < -0.39 is 10.2 Å². The number of halogens is 2. The van der Waals surface area contributed by atoms with Crippen LogP contribution >= 0.6 is 23.2 Å². The summed E-state index contributed by atoms with van der Waals surface area (Å²) in [6, 6.07) is 11.0. The van der Waals surface area contributed by atoms with E-state index in [1.54, 1.807) is 42.5 Å². The van der Waals surface area contributed by atoms with Gasteiger partial charge in [-0.2, -0.15) is 12.7 Å². The van der Waals surface area contributed by atoms with Gasteiger partial charge in [-0.05, 0) is 42.5 Å². The van der Waals surface area contributed by atoms with Crippen LogP contribution in [-0.2, 0) is 10.2 Å². The quantitative estimate of drug-likeness (QED) is 0.833. The smallest absolute Gasteiger partial charge is 0.303 e. The number of carbonyl (C=O) groups is 1. The largest absolute Gasteiger partial charge is 0.322 e. The third kappa shape index (κ3) is 4.43. The summed E-state index contributed by atoms with van der Waals surface area (Å²) in [6.45, 7) is 0. The van der Waals surface area contributed by atoms with Gasteiger partial charge in [0.05, 0.1) is 15.7 Å². The van der Waals surface area contributed by atoms with Crippen LogP contribution in [0.15, 0.2) is 42.5 Å². The van der Waals surface area contributed by atoms with Gasteiger partial charge in [-0.1, -0.05) is 23.2 Å². The highest BCUT2D eigenvalue weighted by Crippen LogP contribution is 2.25. The Hall–Kier alpha value is -1.80. The van der Waals surface area contributed by atoms with E-state index in [1.807, 2.05) is 0 Å². The molecule has 1 N–H and O–H groups in total. The maximum Gasteiger partial charge on any atom is 0.303 e. The Bertz CT molecular complexity index is 884. The minimum absolute atomic E-state index is 0.338.